The number of carboxylic acids is 1. The molecular weight excluding hydrogens is 530 g/mol. The van der Waals surface area contributed by atoms with Gasteiger partial charge < -0.3 is 14.4 Å². The first-order valence-electron chi connectivity index (χ1n) is 13.4. The van der Waals surface area contributed by atoms with Crippen molar-refractivity contribution in [1.82, 2.24) is 9.47 Å². The zero-order chi connectivity index (χ0) is 27.1. The summed E-state index contributed by atoms with van der Waals surface area (Å²) in [4.78, 5) is 34.4. The Morgan fingerprint density at radius 2 is 1.97 bits per heavy atom. The summed E-state index contributed by atoms with van der Waals surface area (Å²) >= 11 is 2.98. The Bertz CT molecular complexity index is 1500. The number of fused-ring (bicyclic) bond motifs is 1. The lowest BCUT2D eigenvalue weighted by Crippen LogP contribution is -2.36. The van der Waals surface area contributed by atoms with E-state index in [0.29, 0.717) is 22.2 Å². The number of hydrogen-bond donors (Lipinski definition) is 1. The average molecular weight is 562 g/mol. The van der Waals surface area contributed by atoms with Crippen molar-refractivity contribution in [2.24, 2.45) is 4.99 Å². The lowest BCUT2D eigenvalue weighted by Gasteiger charge is -2.19. The number of hydrogen-bond acceptors (Lipinski definition) is 6. The summed E-state index contributed by atoms with van der Waals surface area (Å²) in [5, 5.41) is 11.5. The van der Waals surface area contributed by atoms with Gasteiger partial charge in [-0.15, -0.1) is 11.3 Å². The molecule has 0 unspecified atom stereocenters. The normalized spacial score (nSPS) is 21.3. The molecular formula is C30H31N3O4S2. The second-order valence-electron chi connectivity index (χ2n) is 10.2. The number of aromatic carboxylic acids is 1. The maximum Gasteiger partial charge on any atom is 0.339 e. The quantitative estimate of drug-likeness (QED) is 0.347. The van der Waals surface area contributed by atoms with Crippen LogP contribution in [0.3, 0.4) is 0 Å². The predicted octanol–water partition coefficient (Wildman–Crippen LogP) is 6.52. The van der Waals surface area contributed by atoms with Crippen LogP contribution < -0.4 is 0 Å². The molecule has 0 saturated carbocycles. The molecule has 0 spiro atoms. The minimum Gasteiger partial charge on any atom is -0.478 e. The SMILES string of the molecule is Cc1cc(/C=C2\SC(=Nc3ccccc3)N(C[C@@H]3CCCO3)C2=O)c(C)n1-c1sc2c(c1C(=O)O)CCCC2. The molecule has 0 radical (unpaired) electrons. The second-order valence-corrected chi connectivity index (χ2v) is 12.3. The number of carbonyl (C=O) groups is 2. The van der Waals surface area contributed by atoms with Gasteiger partial charge in [0.05, 0.1) is 28.8 Å². The number of carboxylic acid groups (broad SMARTS) is 1. The molecule has 2 aliphatic heterocycles. The molecule has 6 rings (SSSR count). The summed E-state index contributed by atoms with van der Waals surface area (Å²) in [5.41, 5.74) is 5.01. The van der Waals surface area contributed by atoms with Gasteiger partial charge in [-0.1, -0.05) is 18.2 Å². The summed E-state index contributed by atoms with van der Waals surface area (Å²) in [6.07, 6.45) is 7.76. The number of carbonyl (C=O) groups excluding carboxylic acids is 1. The van der Waals surface area contributed by atoms with Crippen LogP contribution in [0.5, 0.6) is 0 Å². The first-order valence-corrected chi connectivity index (χ1v) is 15.1. The minimum absolute atomic E-state index is 0.0132. The van der Waals surface area contributed by atoms with Crippen LogP contribution >= 0.6 is 23.1 Å². The van der Waals surface area contributed by atoms with Crippen molar-refractivity contribution < 1.29 is 19.4 Å². The van der Waals surface area contributed by atoms with Crippen LogP contribution in [-0.4, -0.2) is 50.9 Å². The van der Waals surface area contributed by atoms with E-state index < -0.39 is 5.97 Å². The van der Waals surface area contributed by atoms with Crippen molar-refractivity contribution in [3.63, 3.8) is 0 Å². The molecule has 4 heterocycles. The summed E-state index contributed by atoms with van der Waals surface area (Å²) in [7, 11) is 0. The van der Waals surface area contributed by atoms with Crippen LogP contribution in [0.4, 0.5) is 5.69 Å². The van der Waals surface area contributed by atoms with Crippen molar-refractivity contribution in [3.05, 3.63) is 74.3 Å². The third-order valence-corrected chi connectivity index (χ3v) is 9.89. The van der Waals surface area contributed by atoms with E-state index in [1.807, 2.05) is 60.9 Å². The Kier molecular flexibility index (Phi) is 7.22. The van der Waals surface area contributed by atoms with E-state index in [2.05, 4.69) is 0 Å². The largest absolute Gasteiger partial charge is 0.478 e. The fourth-order valence-corrected chi connectivity index (χ4v) is 8.16. The molecule has 1 aromatic carbocycles. The summed E-state index contributed by atoms with van der Waals surface area (Å²) < 4.78 is 7.89. The van der Waals surface area contributed by atoms with Crippen molar-refractivity contribution in [1.29, 1.82) is 0 Å². The number of aromatic nitrogens is 1. The van der Waals surface area contributed by atoms with Gasteiger partial charge in [0, 0.05) is 22.9 Å². The minimum atomic E-state index is -0.870. The van der Waals surface area contributed by atoms with Crippen LogP contribution in [0.25, 0.3) is 11.1 Å². The Balaban J connectivity index is 1.37. The third kappa shape index (κ3) is 4.99. The molecule has 202 valence electrons. The Hall–Kier alpha value is -3.14. The molecule has 0 bridgehead atoms. The first kappa shape index (κ1) is 26.1. The van der Waals surface area contributed by atoms with E-state index in [0.717, 1.165) is 78.3 Å². The second kappa shape index (κ2) is 10.8. The van der Waals surface area contributed by atoms with E-state index in [-0.39, 0.29) is 12.0 Å². The zero-order valence-electron chi connectivity index (χ0n) is 22.1. The fourth-order valence-electron chi connectivity index (χ4n) is 5.67. The number of ether oxygens (including phenoxy) is 1. The van der Waals surface area contributed by atoms with Crippen LogP contribution in [0.2, 0.25) is 0 Å². The summed E-state index contributed by atoms with van der Waals surface area (Å²) in [6.45, 7) is 5.20. The summed E-state index contributed by atoms with van der Waals surface area (Å²) in [5.74, 6) is -0.947. The molecule has 1 aliphatic carbocycles. The van der Waals surface area contributed by atoms with E-state index in [9.17, 15) is 14.7 Å². The zero-order valence-corrected chi connectivity index (χ0v) is 23.7. The highest BCUT2D eigenvalue weighted by Crippen LogP contribution is 2.40. The van der Waals surface area contributed by atoms with Crippen molar-refractivity contribution >= 4 is 51.9 Å². The van der Waals surface area contributed by atoms with Gasteiger partial charge in [-0.25, -0.2) is 9.79 Å². The highest BCUT2D eigenvalue weighted by molar-refractivity contribution is 8.18. The van der Waals surface area contributed by atoms with Crippen LogP contribution in [0, 0.1) is 13.8 Å². The molecule has 2 fully saturated rings. The third-order valence-electron chi connectivity index (χ3n) is 7.61. The molecule has 1 N–H and O–H groups in total. The number of benzene rings is 1. The van der Waals surface area contributed by atoms with E-state index in [1.165, 1.54) is 16.6 Å². The van der Waals surface area contributed by atoms with Crippen molar-refractivity contribution in [2.45, 2.75) is 58.5 Å². The molecule has 2 aromatic heterocycles. The number of amidine groups is 1. The number of thioether (sulfide) groups is 1. The molecule has 39 heavy (non-hydrogen) atoms. The van der Waals surface area contributed by atoms with Gasteiger partial charge in [-0.2, -0.15) is 0 Å². The van der Waals surface area contributed by atoms with Gasteiger partial charge in [0.2, 0.25) is 0 Å². The van der Waals surface area contributed by atoms with Crippen molar-refractivity contribution in [3.8, 4) is 5.00 Å². The van der Waals surface area contributed by atoms with E-state index in [1.54, 1.807) is 16.2 Å². The molecule has 3 aliphatic rings. The predicted molar refractivity (Wildman–Crippen MR) is 157 cm³/mol. The first-order chi connectivity index (χ1) is 18.9. The van der Waals surface area contributed by atoms with Gasteiger partial charge in [0.25, 0.3) is 5.91 Å². The highest BCUT2D eigenvalue weighted by atomic mass is 32.2. The molecule has 3 aromatic rings. The van der Waals surface area contributed by atoms with Crippen LogP contribution in [-0.2, 0) is 22.4 Å². The lowest BCUT2D eigenvalue weighted by atomic mass is 9.95. The monoisotopic (exact) mass is 561 g/mol. The highest BCUT2D eigenvalue weighted by Gasteiger charge is 2.36. The van der Waals surface area contributed by atoms with Crippen LogP contribution in [0.1, 0.15) is 63.4 Å². The van der Waals surface area contributed by atoms with E-state index >= 15 is 0 Å². The van der Waals surface area contributed by atoms with Crippen molar-refractivity contribution in [2.75, 3.05) is 13.2 Å². The topological polar surface area (TPSA) is 84.1 Å². The number of nitrogens with zero attached hydrogens (tertiary/aromatic N) is 3. The van der Waals surface area contributed by atoms with Gasteiger partial charge in [-0.3, -0.25) is 9.69 Å². The lowest BCUT2D eigenvalue weighted by molar-refractivity contribution is -0.123. The van der Waals surface area contributed by atoms with Gasteiger partial charge in [0.1, 0.15) is 5.00 Å². The van der Waals surface area contributed by atoms with Gasteiger partial charge >= 0.3 is 5.97 Å². The number of thiophene rings is 1. The molecule has 1 amide bonds. The Labute approximate surface area is 236 Å². The Morgan fingerprint density at radius 1 is 1.18 bits per heavy atom. The molecule has 9 heteroatoms. The number of aryl methyl sites for hydroxylation is 2. The average Bonchev–Trinajstić information content (AvgIpc) is 3.68. The van der Waals surface area contributed by atoms with E-state index in [4.69, 9.17) is 9.73 Å². The van der Waals surface area contributed by atoms with Gasteiger partial charge in [-0.05, 0) is 99.5 Å². The summed E-state index contributed by atoms with van der Waals surface area (Å²) in [6, 6.07) is 11.7. The number of amides is 1. The fraction of sp³-hybridized carbons (Fsp3) is 0.367. The number of rotatable bonds is 6. The number of aliphatic imine (C=N–C) groups is 1. The standard InChI is InChI=1S/C30H31N3O4S2/c1-18-15-20(19(2)33(18)28-26(29(35)36)23-12-6-7-13-24(23)38-28)16-25-27(34)32(17-22-11-8-14-37-22)30(39-25)31-21-9-4-3-5-10-21/h3-5,9-10,15-16,22H,6-8,11-14,17H2,1-2H3,(H,35,36)/b25-16-,31-30?/t22-/m0/s1. The Morgan fingerprint density at radius 3 is 2.72 bits per heavy atom. The smallest absolute Gasteiger partial charge is 0.339 e. The van der Waals surface area contributed by atoms with Gasteiger partial charge in [0.15, 0.2) is 5.17 Å². The molecule has 7 nitrogen and oxygen atoms in total. The number of para-hydroxylation sites is 1. The molecule has 1 atom stereocenters. The molecule has 2 saturated heterocycles. The van der Waals surface area contributed by atoms with Crippen LogP contribution in [0.15, 0.2) is 46.3 Å². The maximum absolute atomic E-state index is 13.7. The maximum atomic E-state index is 13.7.